The summed E-state index contributed by atoms with van der Waals surface area (Å²) in [6.45, 7) is 5.44. The third kappa shape index (κ3) is 8.23. The molecule has 1 aromatic carbocycles. The Labute approximate surface area is 326 Å². The van der Waals surface area contributed by atoms with Crippen LogP contribution in [0.5, 0.6) is 17.4 Å². The van der Waals surface area contributed by atoms with E-state index in [0.29, 0.717) is 54.0 Å². The Hall–Kier alpha value is -4.67. The van der Waals surface area contributed by atoms with Crippen LogP contribution in [0.4, 0.5) is 9.18 Å². The zero-order valence-electron chi connectivity index (χ0n) is 32.2. The summed E-state index contributed by atoms with van der Waals surface area (Å²) in [5.74, 6) is -1.07. The first-order valence-electron chi connectivity index (χ1n) is 19.6. The van der Waals surface area contributed by atoms with Gasteiger partial charge in [-0.2, -0.15) is 0 Å². The number of alkyl halides is 1. The summed E-state index contributed by atoms with van der Waals surface area (Å²) >= 11 is 0. The zero-order valence-corrected chi connectivity index (χ0v) is 33.0. The van der Waals surface area contributed by atoms with Crippen molar-refractivity contribution in [3.8, 4) is 17.4 Å². The normalized spacial score (nSPS) is 27.3. The highest BCUT2D eigenvalue weighted by Gasteiger charge is 2.62. The number of carbonyl (C=O) groups excluding carboxylic acids is 4. The number of amides is 5. The third-order valence-corrected chi connectivity index (χ3v) is 13.1. The molecule has 4 fully saturated rings. The van der Waals surface area contributed by atoms with E-state index in [4.69, 9.17) is 19.2 Å². The van der Waals surface area contributed by atoms with Crippen LogP contribution in [0.1, 0.15) is 77.2 Å². The Kier molecular flexibility index (Phi) is 11.1. The second-order valence-corrected chi connectivity index (χ2v) is 17.9. The molecule has 4 heterocycles. The van der Waals surface area contributed by atoms with Crippen molar-refractivity contribution in [2.75, 3.05) is 26.7 Å². The minimum atomic E-state index is -3.91. The average Bonchev–Trinajstić information content (AvgIpc) is 4.06. The maximum absolute atomic E-state index is 14.6. The zero-order chi connectivity index (χ0) is 39.9. The largest absolute Gasteiger partial charge is 0.496 e. The van der Waals surface area contributed by atoms with Crippen molar-refractivity contribution in [3.05, 3.63) is 35.9 Å². The van der Waals surface area contributed by atoms with Crippen molar-refractivity contribution in [1.82, 2.24) is 30.1 Å². The Morgan fingerprint density at radius 1 is 1.07 bits per heavy atom. The highest BCUT2D eigenvalue weighted by Crippen LogP contribution is 2.46. The monoisotopic (exact) mass is 798 g/mol. The van der Waals surface area contributed by atoms with Gasteiger partial charge in [0.25, 0.3) is 5.91 Å². The van der Waals surface area contributed by atoms with Crippen LogP contribution in [-0.4, -0.2) is 115 Å². The number of benzene rings is 1. The van der Waals surface area contributed by atoms with Gasteiger partial charge in [-0.15, -0.1) is 0 Å². The number of hydrogen-bond acceptors (Lipinski definition) is 10. The number of fused-ring (bicyclic) bond motifs is 3. The van der Waals surface area contributed by atoms with Gasteiger partial charge >= 0.3 is 6.03 Å². The van der Waals surface area contributed by atoms with Gasteiger partial charge in [-0.3, -0.25) is 19.1 Å². The molecule has 2 aromatic rings. The van der Waals surface area contributed by atoms with Crippen molar-refractivity contribution in [2.24, 2.45) is 5.92 Å². The van der Waals surface area contributed by atoms with Crippen LogP contribution in [-0.2, 0) is 24.4 Å². The lowest BCUT2D eigenvalue weighted by Crippen LogP contribution is -2.61. The predicted octanol–water partition coefficient (Wildman–Crippen LogP) is 3.42. The minimum Gasteiger partial charge on any atom is -0.496 e. The molecule has 3 N–H and O–H groups in total. The molecule has 56 heavy (non-hydrogen) atoms. The van der Waals surface area contributed by atoms with Crippen molar-refractivity contribution < 1.29 is 46.2 Å². The molecule has 5 atom stereocenters. The summed E-state index contributed by atoms with van der Waals surface area (Å²) in [6.07, 6.45) is 5.92. The van der Waals surface area contributed by atoms with Crippen LogP contribution in [0.2, 0.25) is 0 Å². The lowest BCUT2D eigenvalue weighted by atomic mass is 10.0. The first-order valence-corrected chi connectivity index (χ1v) is 21.1. The summed E-state index contributed by atoms with van der Waals surface area (Å²) in [4.78, 5) is 63.4. The molecule has 0 bridgehead atoms. The summed E-state index contributed by atoms with van der Waals surface area (Å²) in [6, 6.07) is 2.56. The number of pyridine rings is 1. The van der Waals surface area contributed by atoms with Gasteiger partial charge in [-0.25, -0.2) is 22.6 Å². The molecule has 5 aliphatic rings. The van der Waals surface area contributed by atoms with E-state index in [0.717, 1.165) is 18.4 Å². The minimum absolute atomic E-state index is 0.0196. The number of sulfonamides is 1. The molecular formula is C39H51FN6O9S. The molecule has 5 amide bonds. The number of nitrogens with zero attached hydrogens (tertiary/aromatic N) is 3. The number of hydrogen-bond donors (Lipinski definition) is 3. The van der Waals surface area contributed by atoms with Gasteiger partial charge in [0, 0.05) is 29.4 Å². The summed E-state index contributed by atoms with van der Waals surface area (Å²) in [5, 5.41) is 5.69. The van der Waals surface area contributed by atoms with Crippen LogP contribution in [0.25, 0.3) is 10.9 Å². The standard InChI is InChI=1S/C39H51FN6O9S/c1-22(2)54-33-17-32(28-14-15-31(53-4)23(3)34(28)42-33)55-26-16-30-35(47)43-39(37(49)44-56(51,52)27-12-13-27)18-24(39)10-8-6-5-7-9-11-29(36(48)46(30)21-26)41-38(50)45-19-25(40)20-45/h8,10,14-15,17,22,24-27,29-30H,5-7,9,11-13,16,18-21H2,1-4H3,(H,41,50)(H,43,47)(H,44,49). The van der Waals surface area contributed by atoms with Gasteiger partial charge in [0.15, 0.2) is 0 Å². The van der Waals surface area contributed by atoms with E-state index >= 15 is 0 Å². The van der Waals surface area contributed by atoms with Crippen molar-refractivity contribution in [2.45, 2.75) is 120 Å². The van der Waals surface area contributed by atoms with E-state index in [1.54, 1.807) is 19.2 Å². The van der Waals surface area contributed by atoms with E-state index in [9.17, 15) is 32.0 Å². The van der Waals surface area contributed by atoms with E-state index in [2.05, 4.69) is 15.4 Å². The second kappa shape index (κ2) is 15.7. The molecule has 0 spiro atoms. The molecule has 2 saturated carbocycles. The summed E-state index contributed by atoms with van der Waals surface area (Å²) in [5.41, 5.74) is -0.179. The number of methoxy groups -OCH3 is 1. The summed E-state index contributed by atoms with van der Waals surface area (Å²) < 4.78 is 59.8. The molecule has 17 heteroatoms. The molecule has 3 aliphatic heterocycles. The number of aromatic nitrogens is 1. The molecule has 7 rings (SSSR count). The predicted molar refractivity (Wildman–Crippen MR) is 203 cm³/mol. The van der Waals surface area contributed by atoms with Crippen LogP contribution in [0.15, 0.2) is 30.4 Å². The van der Waals surface area contributed by atoms with E-state index in [-0.39, 0.29) is 45.0 Å². The topological polar surface area (TPSA) is 186 Å². The maximum atomic E-state index is 14.6. The van der Waals surface area contributed by atoms with Crippen LogP contribution < -0.4 is 29.6 Å². The quantitative estimate of drug-likeness (QED) is 0.318. The van der Waals surface area contributed by atoms with E-state index < -0.39 is 74.8 Å². The number of halogens is 1. The van der Waals surface area contributed by atoms with Gasteiger partial charge in [0.2, 0.25) is 27.7 Å². The maximum Gasteiger partial charge on any atom is 0.318 e. The average molecular weight is 799 g/mol. The number of rotatable bonds is 9. The second-order valence-electron chi connectivity index (χ2n) is 15.9. The van der Waals surface area contributed by atoms with Crippen molar-refractivity contribution in [3.63, 3.8) is 0 Å². The summed E-state index contributed by atoms with van der Waals surface area (Å²) in [7, 11) is -2.35. The van der Waals surface area contributed by atoms with Crippen LogP contribution in [0, 0.1) is 12.8 Å². The number of ether oxygens (including phenoxy) is 3. The first-order chi connectivity index (χ1) is 26.7. The molecule has 1 aromatic heterocycles. The number of nitrogens with one attached hydrogen (secondary N) is 3. The molecule has 15 nitrogen and oxygen atoms in total. The first kappa shape index (κ1) is 39.6. The fourth-order valence-corrected chi connectivity index (χ4v) is 9.20. The molecular weight excluding hydrogens is 748 g/mol. The fourth-order valence-electron chi connectivity index (χ4n) is 7.84. The highest BCUT2D eigenvalue weighted by atomic mass is 32.2. The Bertz CT molecular complexity index is 2020. The number of aryl methyl sites for hydroxylation is 1. The van der Waals surface area contributed by atoms with E-state index in [1.807, 2.05) is 39.0 Å². The van der Waals surface area contributed by atoms with Gasteiger partial charge in [-0.1, -0.05) is 25.0 Å². The molecule has 2 saturated heterocycles. The Morgan fingerprint density at radius 3 is 2.54 bits per heavy atom. The number of likely N-dealkylation sites (tertiary alicyclic amines) is 1. The highest BCUT2D eigenvalue weighted by molar-refractivity contribution is 7.91. The van der Waals surface area contributed by atoms with Gasteiger partial charge in [-0.05, 0) is 71.4 Å². The fraction of sp³-hybridized carbons (Fsp3) is 0.615. The van der Waals surface area contributed by atoms with Crippen molar-refractivity contribution in [1.29, 1.82) is 0 Å². The molecule has 304 valence electrons. The molecule has 5 unspecified atom stereocenters. The van der Waals surface area contributed by atoms with Gasteiger partial charge in [0.1, 0.15) is 41.4 Å². The Morgan fingerprint density at radius 2 is 1.84 bits per heavy atom. The number of allylic oxidation sites excluding steroid dienone is 1. The SMILES string of the molecule is COc1ccc2c(OC3CC4C(=O)NC5(C(=O)NS(=O)(=O)C6CC6)CC5C=CCCCCCC(NC(=O)N5CC(F)C5)C(=O)N4C3)cc(OC(C)C)nc2c1C. The lowest BCUT2D eigenvalue weighted by Gasteiger charge is -2.36. The lowest BCUT2D eigenvalue weighted by molar-refractivity contribution is -0.141. The molecule has 0 radical (unpaired) electrons. The third-order valence-electron chi connectivity index (χ3n) is 11.3. The number of urea groups is 1. The van der Waals surface area contributed by atoms with Crippen molar-refractivity contribution >= 4 is 44.7 Å². The van der Waals surface area contributed by atoms with Gasteiger partial charge in [0.05, 0.1) is 43.6 Å². The van der Waals surface area contributed by atoms with Gasteiger partial charge < -0.3 is 34.6 Å². The van der Waals surface area contributed by atoms with Crippen LogP contribution in [0.3, 0.4) is 0 Å². The van der Waals surface area contributed by atoms with E-state index in [1.165, 1.54) is 9.80 Å². The smallest absolute Gasteiger partial charge is 0.318 e. The molecule has 2 aliphatic carbocycles. The Balaban J connectivity index is 1.21. The van der Waals surface area contributed by atoms with Crippen LogP contribution >= 0.6 is 0 Å². The number of carbonyl (C=O) groups is 4.